The zero-order valence-corrected chi connectivity index (χ0v) is 7.40. The van der Waals surface area contributed by atoms with Crippen molar-refractivity contribution in [3.8, 4) is 0 Å². The molecule has 3 heteroatoms. The van der Waals surface area contributed by atoms with Crippen molar-refractivity contribution in [3.05, 3.63) is 18.2 Å². The number of hydrogen-bond donors (Lipinski definition) is 1. The summed E-state index contributed by atoms with van der Waals surface area (Å²) in [5.74, 6) is 1.79. The number of nitrogens with zero attached hydrogens (tertiary/aromatic N) is 2. The van der Waals surface area contributed by atoms with Crippen molar-refractivity contribution in [2.24, 2.45) is 12.8 Å². The highest BCUT2D eigenvalue weighted by Crippen LogP contribution is 2.31. The predicted octanol–water partition coefficient (Wildman–Crippen LogP) is 1.01. The van der Waals surface area contributed by atoms with E-state index >= 15 is 0 Å². The molecule has 12 heavy (non-hydrogen) atoms. The van der Waals surface area contributed by atoms with E-state index in [-0.39, 0.29) is 0 Å². The second kappa shape index (κ2) is 2.90. The van der Waals surface area contributed by atoms with Crippen molar-refractivity contribution in [1.82, 2.24) is 9.55 Å². The molecule has 0 saturated heterocycles. The Labute approximate surface area is 72.6 Å². The Morgan fingerprint density at radius 3 is 2.92 bits per heavy atom. The molecule has 1 aliphatic carbocycles. The van der Waals surface area contributed by atoms with Gasteiger partial charge in [0.05, 0.1) is 0 Å². The van der Waals surface area contributed by atoms with Crippen LogP contribution in [-0.2, 0) is 7.05 Å². The van der Waals surface area contributed by atoms with Gasteiger partial charge in [-0.2, -0.15) is 0 Å². The summed E-state index contributed by atoms with van der Waals surface area (Å²) in [5.41, 5.74) is 5.84. The van der Waals surface area contributed by atoms with Crippen molar-refractivity contribution in [2.45, 2.75) is 31.2 Å². The van der Waals surface area contributed by atoms with Crippen LogP contribution in [-0.4, -0.2) is 15.6 Å². The molecule has 1 heterocycles. The summed E-state index contributed by atoms with van der Waals surface area (Å²) in [4.78, 5) is 4.34. The lowest BCUT2D eigenvalue weighted by atomic mass is 10.1. The first-order chi connectivity index (χ1) is 5.77. The highest BCUT2D eigenvalue weighted by molar-refractivity contribution is 5.03. The molecule has 0 bridgehead atoms. The Kier molecular flexibility index (Phi) is 1.89. The van der Waals surface area contributed by atoms with Crippen molar-refractivity contribution in [1.29, 1.82) is 0 Å². The Balaban J connectivity index is 2.16. The quantitative estimate of drug-likeness (QED) is 0.675. The number of rotatable bonds is 1. The molecule has 1 aromatic heterocycles. The smallest absolute Gasteiger partial charge is 0.111 e. The van der Waals surface area contributed by atoms with Crippen LogP contribution in [0.15, 0.2) is 12.4 Å². The van der Waals surface area contributed by atoms with Crippen LogP contribution >= 0.6 is 0 Å². The molecule has 0 radical (unpaired) electrons. The molecule has 0 unspecified atom stereocenters. The van der Waals surface area contributed by atoms with E-state index in [4.69, 9.17) is 5.73 Å². The van der Waals surface area contributed by atoms with E-state index in [1.807, 2.05) is 19.4 Å². The number of aromatic nitrogens is 2. The van der Waals surface area contributed by atoms with Gasteiger partial charge in [0.15, 0.2) is 0 Å². The number of imidazole rings is 1. The summed E-state index contributed by atoms with van der Waals surface area (Å²) in [6.07, 6.45) is 7.31. The van der Waals surface area contributed by atoms with Gasteiger partial charge in [-0.25, -0.2) is 4.98 Å². The summed E-state index contributed by atoms with van der Waals surface area (Å²) >= 11 is 0. The lowest BCUT2D eigenvalue weighted by Gasteiger charge is -2.08. The Morgan fingerprint density at radius 1 is 1.58 bits per heavy atom. The van der Waals surface area contributed by atoms with Crippen LogP contribution in [0.2, 0.25) is 0 Å². The zero-order chi connectivity index (χ0) is 8.55. The van der Waals surface area contributed by atoms with Gasteiger partial charge in [-0.1, -0.05) is 0 Å². The topological polar surface area (TPSA) is 43.8 Å². The molecule has 1 saturated carbocycles. The lowest BCUT2D eigenvalue weighted by Crippen LogP contribution is -2.15. The van der Waals surface area contributed by atoms with Crippen molar-refractivity contribution in [2.75, 3.05) is 0 Å². The first kappa shape index (κ1) is 7.80. The fourth-order valence-electron chi connectivity index (χ4n) is 2.02. The van der Waals surface area contributed by atoms with Crippen LogP contribution in [0.4, 0.5) is 0 Å². The minimum absolute atomic E-state index is 0.395. The van der Waals surface area contributed by atoms with Crippen LogP contribution in [0.5, 0.6) is 0 Å². The highest BCUT2D eigenvalue weighted by atomic mass is 15.0. The number of aryl methyl sites for hydroxylation is 1. The fraction of sp³-hybridized carbons (Fsp3) is 0.667. The third-order valence-electron chi connectivity index (χ3n) is 2.70. The molecule has 2 atom stereocenters. The van der Waals surface area contributed by atoms with Crippen LogP contribution in [0.25, 0.3) is 0 Å². The Hall–Kier alpha value is -0.830. The molecule has 0 aliphatic heterocycles. The van der Waals surface area contributed by atoms with Crippen molar-refractivity contribution < 1.29 is 0 Å². The van der Waals surface area contributed by atoms with E-state index in [9.17, 15) is 0 Å². The van der Waals surface area contributed by atoms with Gasteiger partial charge in [0, 0.05) is 31.4 Å². The van der Waals surface area contributed by atoms with Crippen LogP contribution in [0, 0.1) is 0 Å². The molecule has 0 spiro atoms. The standard InChI is InChI=1S/C9H15N3/c1-12-5-4-11-9(12)7-2-3-8(10)6-7/h4-5,7-8H,2-3,6,10H2,1H3/t7-,8+/m0/s1. The third-order valence-corrected chi connectivity index (χ3v) is 2.70. The molecule has 0 aromatic carbocycles. The Morgan fingerprint density at radius 2 is 2.42 bits per heavy atom. The summed E-state index contributed by atoms with van der Waals surface area (Å²) in [7, 11) is 2.05. The summed E-state index contributed by atoms with van der Waals surface area (Å²) in [5, 5.41) is 0. The first-order valence-electron chi connectivity index (χ1n) is 4.50. The normalized spacial score (nSPS) is 29.5. The minimum Gasteiger partial charge on any atom is -0.338 e. The average molecular weight is 165 g/mol. The molecule has 2 N–H and O–H groups in total. The molecule has 0 amide bonds. The Bertz CT molecular complexity index is 266. The van der Waals surface area contributed by atoms with E-state index in [2.05, 4.69) is 9.55 Å². The summed E-state index contributed by atoms with van der Waals surface area (Å²) in [6.45, 7) is 0. The molecule has 3 nitrogen and oxygen atoms in total. The molecule has 2 rings (SSSR count). The largest absolute Gasteiger partial charge is 0.338 e. The molecule has 1 aromatic rings. The molecular formula is C9H15N3. The second-order valence-electron chi connectivity index (χ2n) is 3.67. The van der Waals surface area contributed by atoms with E-state index in [1.165, 1.54) is 12.2 Å². The number of nitrogens with two attached hydrogens (primary N) is 1. The van der Waals surface area contributed by atoms with E-state index < -0.39 is 0 Å². The third kappa shape index (κ3) is 1.25. The van der Waals surface area contributed by atoms with Crippen LogP contribution in [0.3, 0.4) is 0 Å². The second-order valence-corrected chi connectivity index (χ2v) is 3.67. The number of hydrogen-bond acceptors (Lipinski definition) is 2. The van der Waals surface area contributed by atoms with Gasteiger partial charge in [-0.15, -0.1) is 0 Å². The SMILES string of the molecule is Cn1ccnc1[C@H]1CC[C@@H](N)C1. The molecule has 66 valence electrons. The maximum atomic E-state index is 5.84. The van der Waals surface area contributed by atoms with Crippen LogP contribution < -0.4 is 5.73 Å². The predicted molar refractivity (Wildman–Crippen MR) is 47.8 cm³/mol. The van der Waals surface area contributed by atoms with Gasteiger partial charge in [0.25, 0.3) is 0 Å². The van der Waals surface area contributed by atoms with E-state index in [0.717, 1.165) is 12.8 Å². The zero-order valence-electron chi connectivity index (χ0n) is 7.40. The first-order valence-corrected chi connectivity index (χ1v) is 4.50. The fourth-order valence-corrected chi connectivity index (χ4v) is 2.02. The van der Waals surface area contributed by atoms with Gasteiger partial charge in [0.2, 0.25) is 0 Å². The van der Waals surface area contributed by atoms with E-state index in [0.29, 0.717) is 12.0 Å². The average Bonchev–Trinajstić information content (AvgIpc) is 2.58. The molecular weight excluding hydrogens is 150 g/mol. The highest BCUT2D eigenvalue weighted by Gasteiger charge is 2.25. The summed E-state index contributed by atoms with van der Waals surface area (Å²) < 4.78 is 2.10. The maximum Gasteiger partial charge on any atom is 0.111 e. The molecule has 1 aliphatic rings. The maximum absolute atomic E-state index is 5.84. The molecule has 1 fully saturated rings. The van der Waals surface area contributed by atoms with Gasteiger partial charge in [0.1, 0.15) is 5.82 Å². The lowest BCUT2D eigenvalue weighted by molar-refractivity contribution is 0.616. The monoisotopic (exact) mass is 165 g/mol. The van der Waals surface area contributed by atoms with Crippen molar-refractivity contribution >= 4 is 0 Å². The van der Waals surface area contributed by atoms with Crippen LogP contribution in [0.1, 0.15) is 31.0 Å². The minimum atomic E-state index is 0.395. The summed E-state index contributed by atoms with van der Waals surface area (Å²) in [6, 6.07) is 0.395. The van der Waals surface area contributed by atoms with Gasteiger partial charge in [-0.05, 0) is 19.3 Å². The van der Waals surface area contributed by atoms with Gasteiger partial charge in [-0.3, -0.25) is 0 Å². The van der Waals surface area contributed by atoms with Gasteiger partial charge < -0.3 is 10.3 Å². The van der Waals surface area contributed by atoms with E-state index in [1.54, 1.807) is 0 Å². The van der Waals surface area contributed by atoms with Gasteiger partial charge >= 0.3 is 0 Å². The van der Waals surface area contributed by atoms with Crippen molar-refractivity contribution in [3.63, 3.8) is 0 Å².